The smallest absolute Gasteiger partial charge is 0.191 e. The third kappa shape index (κ3) is 5.95. The van der Waals surface area contributed by atoms with Gasteiger partial charge in [-0.05, 0) is 37.6 Å². The Morgan fingerprint density at radius 3 is 3.00 bits per heavy atom. The number of thiophene rings is 1. The van der Waals surface area contributed by atoms with Crippen molar-refractivity contribution in [2.45, 2.75) is 52.1 Å². The summed E-state index contributed by atoms with van der Waals surface area (Å²) in [6.07, 6.45) is 5.76. The molecule has 0 aromatic carbocycles. The second-order valence-corrected chi connectivity index (χ2v) is 6.98. The Morgan fingerprint density at radius 2 is 2.20 bits per heavy atom. The van der Waals surface area contributed by atoms with Crippen molar-refractivity contribution in [3.05, 3.63) is 34.0 Å². The van der Waals surface area contributed by atoms with Crippen LogP contribution >= 0.6 is 35.3 Å². The van der Waals surface area contributed by atoms with Crippen LogP contribution in [0.2, 0.25) is 0 Å². The molecule has 6 nitrogen and oxygen atoms in total. The monoisotopic (exact) mass is 474 g/mol. The highest BCUT2D eigenvalue weighted by molar-refractivity contribution is 14.0. The topological polar surface area (TPSA) is 67.1 Å². The van der Waals surface area contributed by atoms with Crippen LogP contribution in [-0.2, 0) is 25.9 Å². The Kier molecular flexibility index (Phi) is 8.66. The molecule has 0 saturated heterocycles. The number of halogens is 1. The number of nitrogens with zero attached hydrogens (tertiary/aromatic N) is 4. The highest BCUT2D eigenvalue weighted by Crippen LogP contribution is 2.14. The van der Waals surface area contributed by atoms with E-state index in [1.807, 2.05) is 0 Å². The third-order valence-corrected chi connectivity index (χ3v) is 5.09. The van der Waals surface area contributed by atoms with Crippen molar-refractivity contribution in [1.29, 1.82) is 0 Å². The summed E-state index contributed by atoms with van der Waals surface area (Å²) in [7, 11) is 0. The molecule has 8 heteroatoms. The molecule has 0 atom stereocenters. The Balaban J connectivity index is 0.00000225. The second kappa shape index (κ2) is 10.7. The molecule has 2 N–H and O–H groups in total. The summed E-state index contributed by atoms with van der Waals surface area (Å²) >= 11 is 1.79. The molecule has 2 aromatic heterocycles. The van der Waals surface area contributed by atoms with Crippen molar-refractivity contribution in [1.82, 2.24) is 25.4 Å². The molecule has 0 radical (unpaired) electrons. The van der Waals surface area contributed by atoms with Crippen molar-refractivity contribution in [2.75, 3.05) is 13.1 Å². The summed E-state index contributed by atoms with van der Waals surface area (Å²) in [5.74, 6) is 2.94. The number of hydrogen-bond acceptors (Lipinski definition) is 4. The quantitative estimate of drug-likeness (QED) is 0.384. The van der Waals surface area contributed by atoms with E-state index in [-0.39, 0.29) is 24.0 Å². The number of hydrogen-bond donors (Lipinski definition) is 2. The number of guanidine groups is 1. The molecular weight excluding hydrogens is 447 g/mol. The maximum absolute atomic E-state index is 4.69. The fraction of sp³-hybridized carbons (Fsp3) is 0.588. The highest BCUT2D eigenvalue weighted by atomic mass is 127. The van der Waals surface area contributed by atoms with Crippen molar-refractivity contribution >= 4 is 41.3 Å². The van der Waals surface area contributed by atoms with E-state index in [2.05, 4.69) is 54.8 Å². The predicted octanol–water partition coefficient (Wildman–Crippen LogP) is 2.98. The van der Waals surface area contributed by atoms with Crippen LogP contribution in [0, 0.1) is 0 Å². The zero-order valence-electron chi connectivity index (χ0n) is 14.7. The average Bonchev–Trinajstić information content (AvgIpc) is 3.17. The van der Waals surface area contributed by atoms with E-state index in [1.54, 1.807) is 11.3 Å². The Hall–Kier alpha value is -1.16. The summed E-state index contributed by atoms with van der Waals surface area (Å²) in [4.78, 5) is 6.08. The summed E-state index contributed by atoms with van der Waals surface area (Å²) in [6, 6.07) is 4.26. The van der Waals surface area contributed by atoms with Gasteiger partial charge in [0.2, 0.25) is 0 Å². The van der Waals surface area contributed by atoms with Gasteiger partial charge in [0.25, 0.3) is 0 Å². The van der Waals surface area contributed by atoms with E-state index < -0.39 is 0 Å². The molecule has 0 saturated carbocycles. The first-order valence-electron chi connectivity index (χ1n) is 8.82. The third-order valence-electron chi connectivity index (χ3n) is 4.15. The molecular formula is C17H27IN6S. The minimum Gasteiger partial charge on any atom is -0.357 e. The lowest BCUT2D eigenvalue weighted by Crippen LogP contribution is -2.38. The molecule has 0 unspecified atom stereocenters. The van der Waals surface area contributed by atoms with Crippen LogP contribution in [0.4, 0.5) is 0 Å². The van der Waals surface area contributed by atoms with Gasteiger partial charge in [0.15, 0.2) is 11.8 Å². The molecule has 25 heavy (non-hydrogen) atoms. The van der Waals surface area contributed by atoms with Crippen LogP contribution in [0.1, 0.15) is 42.7 Å². The van der Waals surface area contributed by atoms with Gasteiger partial charge in [0, 0.05) is 30.9 Å². The first-order valence-corrected chi connectivity index (χ1v) is 9.70. The maximum atomic E-state index is 4.69. The van der Waals surface area contributed by atoms with Crippen molar-refractivity contribution < 1.29 is 0 Å². The Bertz CT molecular complexity index is 652. The van der Waals surface area contributed by atoms with Gasteiger partial charge in [-0.2, -0.15) is 0 Å². The van der Waals surface area contributed by atoms with Gasteiger partial charge in [0.05, 0.1) is 0 Å². The van der Waals surface area contributed by atoms with Crippen LogP contribution in [-0.4, -0.2) is 33.8 Å². The molecule has 0 aliphatic carbocycles. The zero-order valence-corrected chi connectivity index (χ0v) is 17.8. The number of nitrogens with one attached hydrogen (secondary N) is 2. The summed E-state index contributed by atoms with van der Waals surface area (Å²) in [5, 5.41) is 17.5. The van der Waals surface area contributed by atoms with Gasteiger partial charge in [-0.1, -0.05) is 12.5 Å². The molecule has 0 fully saturated rings. The van der Waals surface area contributed by atoms with Crippen LogP contribution in [0.5, 0.6) is 0 Å². The van der Waals surface area contributed by atoms with Gasteiger partial charge in [-0.3, -0.25) is 0 Å². The molecule has 0 amide bonds. The van der Waals surface area contributed by atoms with E-state index in [0.29, 0.717) is 6.54 Å². The molecule has 138 valence electrons. The lowest BCUT2D eigenvalue weighted by Gasteiger charge is -2.11. The van der Waals surface area contributed by atoms with Crippen LogP contribution in [0.15, 0.2) is 22.5 Å². The Labute approximate surface area is 170 Å². The summed E-state index contributed by atoms with van der Waals surface area (Å²) < 4.78 is 2.26. The number of aliphatic imine (C=N–C) groups is 1. The molecule has 2 aromatic rings. The molecule has 0 spiro atoms. The first-order chi connectivity index (χ1) is 11.9. The second-order valence-electron chi connectivity index (χ2n) is 5.95. The van der Waals surface area contributed by atoms with E-state index in [4.69, 9.17) is 0 Å². The van der Waals surface area contributed by atoms with Gasteiger partial charge in [-0.25, -0.2) is 4.99 Å². The van der Waals surface area contributed by atoms with E-state index in [0.717, 1.165) is 50.1 Å². The fourth-order valence-corrected chi connectivity index (χ4v) is 3.62. The molecule has 1 aliphatic rings. The van der Waals surface area contributed by atoms with Crippen molar-refractivity contribution in [3.63, 3.8) is 0 Å². The first kappa shape index (κ1) is 20.2. The minimum atomic E-state index is 0. The predicted molar refractivity (Wildman–Crippen MR) is 114 cm³/mol. The van der Waals surface area contributed by atoms with E-state index >= 15 is 0 Å². The molecule has 3 rings (SSSR count). The normalized spacial score (nSPS) is 14.4. The number of rotatable bonds is 6. The number of aromatic nitrogens is 3. The van der Waals surface area contributed by atoms with Crippen LogP contribution in [0.3, 0.4) is 0 Å². The van der Waals surface area contributed by atoms with Crippen LogP contribution < -0.4 is 10.6 Å². The Morgan fingerprint density at radius 1 is 1.28 bits per heavy atom. The van der Waals surface area contributed by atoms with E-state index in [1.165, 1.54) is 24.1 Å². The summed E-state index contributed by atoms with van der Waals surface area (Å²) in [6.45, 7) is 5.41. The largest absolute Gasteiger partial charge is 0.357 e. The van der Waals surface area contributed by atoms with Gasteiger partial charge in [0.1, 0.15) is 12.4 Å². The van der Waals surface area contributed by atoms with E-state index in [9.17, 15) is 0 Å². The minimum absolute atomic E-state index is 0. The molecule has 1 aliphatic heterocycles. The van der Waals surface area contributed by atoms with Crippen molar-refractivity contribution in [2.24, 2.45) is 4.99 Å². The maximum Gasteiger partial charge on any atom is 0.191 e. The SMILES string of the molecule is CCNC(=NCc1nnc2n1CCCCC2)NCCc1cccs1.I. The zero-order chi connectivity index (χ0) is 16.6. The molecule has 3 heterocycles. The van der Waals surface area contributed by atoms with Gasteiger partial charge < -0.3 is 15.2 Å². The highest BCUT2D eigenvalue weighted by Gasteiger charge is 2.14. The lowest BCUT2D eigenvalue weighted by molar-refractivity contribution is 0.605. The average molecular weight is 474 g/mol. The number of aryl methyl sites for hydroxylation is 1. The van der Waals surface area contributed by atoms with Gasteiger partial charge in [-0.15, -0.1) is 45.5 Å². The lowest BCUT2D eigenvalue weighted by atomic mass is 10.2. The van der Waals surface area contributed by atoms with Crippen molar-refractivity contribution in [3.8, 4) is 0 Å². The van der Waals surface area contributed by atoms with Crippen LogP contribution in [0.25, 0.3) is 0 Å². The standard InChI is InChI=1S/C17H26N6S.HI/c1-2-18-17(19-10-9-14-7-6-12-24-14)20-13-16-22-21-15-8-4-3-5-11-23(15)16;/h6-7,12H,2-5,8-11,13H2,1H3,(H2,18,19,20);1H. The molecule has 0 bridgehead atoms. The summed E-state index contributed by atoms with van der Waals surface area (Å²) in [5.41, 5.74) is 0. The fourth-order valence-electron chi connectivity index (χ4n) is 2.91. The van der Waals surface area contributed by atoms with Gasteiger partial charge >= 0.3 is 0 Å². The number of fused-ring (bicyclic) bond motifs is 1.